The van der Waals surface area contributed by atoms with Gasteiger partial charge in [-0.3, -0.25) is 4.79 Å². The molecule has 4 nitrogen and oxygen atoms in total. The van der Waals surface area contributed by atoms with Crippen molar-refractivity contribution in [3.05, 3.63) is 65.2 Å². The summed E-state index contributed by atoms with van der Waals surface area (Å²) < 4.78 is 5.09. The zero-order chi connectivity index (χ0) is 14.5. The topological polar surface area (TPSA) is 58.6 Å². The second-order valence-electron chi connectivity index (χ2n) is 4.34. The maximum atomic E-state index is 11.8. The Morgan fingerprint density at radius 1 is 1.15 bits per heavy atom. The van der Waals surface area contributed by atoms with Crippen LogP contribution in [0.25, 0.3) is 0 Å². The molecule has 2 aromatic rings. The summed E-state index contributed by atoms with van der Waals surface area (Å²) in [7, 11) is 3.16. The average molecular weight is 271 g/mol. The first-order valence-electron chi connectivity index (χ1n) is 6.30. The fourth-order valence-corrected chi connectivity index (χ4v) is 2.04. The molecule has 0 fully saturated rings. The highest BCUT2D eigenvalue weighted by Crippen LogP contribution is 2.26. The van der Waals surface area contributed by atoms with E-state index in [0.29, 0.717) is 16.7 Å². The smallest absolute Gasteiger partial charge is 0.251 e. The number of carbonyl (C=O) groups excluding carboxylic acids is 1. The van der Waals surface area contributed by atoms with Gasteiger partial charge in [0.15, 0.2) is 0 Å². The van der Waals surface area contributed by atoms with Gasteiger partial charge >= 0.3 is 0 Å². The van der Waals surface area contributed by atoms with Crippen molar-refractivity contribution >= 4 is 5.91 Å². The Kier molecular flexibility index (Phi) is 4.38. The van der Waals surface area contributed by atoms with Gasteiger partial charge in [0.25, 0.3) is 5.91 Å². The summed E-state index contributed by atoms with van der Waals surface area (Å²) in [5.41, 5.74) is 1.76. The van der Waals surface area contributed by atoms with E-state index in [1.165, 1.54) is 0 Å². The number of aliphatic hydroxyl groups is 1. The van der Waals surface area contributed by atoms with Crippen LogP contribution in [0.3, 0.4) is 0 Å². The summed E-state index contributed by atoms with van der Waals surface area (Å²) >= 11 is 0. The van der Waals surface area contributed by atoms with Crippen molar-refractivity contribution in [3.8, 4) is 5.75 Å². The lowest BCUT2D eigenvalue weighted by Crippen LogP contribution is -2.20. The van der Waals surface area contributed by atoms with E-state index >= 15 is 0 Å². The van der Waals surface area contributed by atoms with Crippen LogP contribution in [0.1, 0.15) is 27.6 Å². The lowest BCUT2D eigenvalue weighted by molar-refractivity contribution is 0.0958. The molecule has 2 rings (SSSR count). The highest BCUT2D eigenvalue weighted by Gasteiger charge is 2.17. The molecular weight excluding hydrogens is 254 g/mol. The lowest BCUT2D eigenvalue weighted by Gasteiger charge is -2.15. The van der Waals surface area contributed by atoms with E-state index in [9.17, 15) is 9.90 Å². The predicted octanol–water partition coefficient (Wildman–Crippen LogP) is 2.14. The number of amides is 1. The molecular formula is C16H17NO3. The van der Waals surface area contributed by atoms with E-state index in [2.05, 4.69) is 5.32 Å². The van der Waals surface area contributed by atoms with Gasteiger partial charge in [-0.05, 0) is 29.3 Å². The quantitative estimate of drug-likeness (QED) is 0.895. The summed E-state index contributed by atoms with van der Waals surface area (Å²) in [6.07, 6.45) is -0.852. The van der Waals surface area contributed by atoms with Gasteiger partial charge in [-0.2, -0.15) is 0 Å². The molecule has 0 spiro atoms. The molecule has 2 N–H and O–H groups in total. The van der Waals surface area contributed by atoms with Crippen LogP contribution in [0.5, 0.6) is 5.75 Å². The van der Waals surface area contributed by atoms with E-state index in [4.69, 9.17) is 4.74 Å². The Morgan fingerprint density at radius 3 is 2.40 bits per heavy atom. The molecule has 0 radical (unpaired) electrons. The van der Waals surface area contributed by atoms with Crippen LogP contribution in [0.2, 0.25) is 0 Å². The zero-order valence-electron chi connectivity index (χ0n) is 11.5. The van der Waals surface area contributed by atoms with Crippen LogP contribution in [0.4, 0.5) is 0 Å². The molecule has 1 unspecified atom stereocenters. The van der Waals surface area contributed by atoms with Crippen LogP contribution in [0.15, 0.2) is 48.5 Å². The average Bonchev–Trinajstić information content (AvgIpc) is 2.53. The normalized spacial score (nSPS) is 11.8. The van der Waals surface area contributed by atoms with E-state index in [0.717, 1.165) is 5.75 Å². The number of ether oxygens (including phenoxy) is 1. The Morgan fingerprint density at radius 2 is 1.80 bits per heavy atom. The lowest BCUT2D eigenvalue weighted by atomic mass is 9.96. The van der Waals surface area contributed by atoms with Gasteiger partial charge in [0.05, 0.1) is 7.11 Å². The molecule has 1 atom stereocenters. The second-order valence-corrected chi connectivity index (χ2v) is 4.34. The number of methoxy groups -OCH3 is 1. The van der Waals surface area contributed by atoms with Gasteiger partial charge in [0, 0.05) is 12.6 Å². The molecule has 0 heterocycles. The van der Waals surface area contributed by atoms with Crippen molar-refractivity contribution in [3.63, 3.8) is 0 Å². The second kappa shape index (κ2) is 6.21. The third-order valence-electron chi connectivity index (χ3n) is 3.16. The van der Waals surface area contributed by atoms with Gasteiger partial charge in [0.1, 0.15) is 11.9 Å². The molecule has 104 valence electrons. The Bertz CT molecular complexity index is 593. The first-order chi connectivity index (χ1) is 9.67. The first kappa shape index (κ1) is 14.1. The molecule has 20 heavy (non-hydrogen) atoms. The third-order valence-corrected chi connectivity index (χ3v) is 3.16. The monoisotopic (exact) mass is 271 g/mol. The highest BCUT2D eigenvalue weighted by molar-refractivity contribution is 5.95. The molecule has 0 bridgehead atoms. The van der Waals surface area contributed by atoms with Gasteiger partial charge < -0.3 is 15.2 Å². The van der Waals surface area contributed by atoms with E-state index < -0.39 is 6.10 Å². The number of hydrogen-bond acceptors (Lipinski definition) is 3. The third kappa shape index (κ3) is 2.81. The Hall–Kier alpha value is -2.33. The Labute approximate surface area is 118 Å². The fraction of sp³-hybridized carbons (Fsp3) is 0.188. The van der Waals surface area contributed by atoms with Crippen LogP contribution in [0, 0.1) is 0 Å². The number of hydrogen-bond donors (Lipinski definition) is 2. The van der Waals surface area contributed by atoms with Gasteiger partial charge in [-0.25, -0.2) is 0 Å². The SMILES string of the molecule is CNC(=O)c1ccccc1C(O)c1ccc(OC)cc1. The van der Waals surface area contributed by atoms with E-state index in [-0.39, 0.29) is 5.91 Å². The summed E-state index contributed by atoms with van der Waals surface area (Å²) in [6, 6.07) is 14.1. The maximum absolute atomic E-state index is 11.8. The predicted molar refractivity (Wildman–Crippen MR) is 76.9 cm³/mol. The van der Waals surface area contributed by atoms with Crippen molar-refractivity contribution < 1.29 is 14.6 Å². The molecule has 0 saturated heterocycles. The molecule has 1 amide bonds. The largest absolute Gasteiger partial charge is 0.497 e. The van der Waals surface area contributed by atoms with Crippen LogP contribution in [-0.4, -0.2) is 25.2 Å². The highest BCUT2D eigenvalue weighted by atomic mass is 16.5. The molecule has 0 aliphatic heterocycles. The first-order valence-corrected chi connectivity index (χ1v) is 6.30. The summed E-state index contributed by atoms with van der Waals surface area (Å²) in [5.74, 6) is 0.508. The summed E-state index contributed by atoms with van der Waals surface area (Å²) in [5, 5.41) is 13.0. The minimum atomic E-state index is -0.852. The molecule has 0 saturated carbocycles. The number of carbonyl (C=O) groups is 1. The summed E-state index contributed by atoms with van der Waals surface area (Å²) in [4.78, 5) is 11.8. The number of benzene rings is 2. The number of rotatable bonds is 4. The molecule has 0 aliphatic rings. The van der Waals surface area contributed by atoms with Gasteiger partial charge in [-0.15, -0.1) is 0 Å². The van der Waals surface area contributed by atoms with Gasteiger partial charge in [0.2, 0.25) is 0 Å². The van der Waals surface area contributed by atoms with Crippen molar-refractivity contribution in [2.45, 2.75) is 6.10 Å². The zero-order valence-corrected chi connectivity index (χ0v) is 11.5. The van der Waals surface area contributed by atoms with Gasteiger partial charge in [-0.1, -0.05) is 30.3 Å². The van der Waals surface area contributed by atoms with Crippen molar-refractivity contribution in [1.82, 2.24) is 5.32 Å². The van der Waals surface area contributed by atoms with E-state index in [1.807, 2.05) is 0 Å². The standard InChI is InChI=1S/C16H17NO3/c1-17-16(19)14-6-4-3-5-13(14)15(18)11-7-9-12(20-2)10-8-11/h3-10,15,18H,1-2H3,(H,17,19). The molecule has 2 aromatic carbocycles. The minimum absolute atomic E-state index is 0.215. The van der Waals surface area contributed by atoms with Crippen LogP contribution < -0.4 is 10.1 Å². The van der Waals surface area contributed by atoms with Crippen LogP contribution >= 0.6 is 0 Å². The molecule has 0 aromatic heterocycles. The summed E-state index contributed by atoms with van der Waals surface area (Å²) in [6.45, 7) is 0. The minimum Gasteiger partial charge on any atom is -0.497 e. The number of aliphatic hydroxyl groups excluding tert-OH is 1. The van der Waals surface area contributed by atoms with Crippen molar-refractivity contribution in [2.24, 2.45) is 0 Å². The number of nitrogens with one attached hydrogen (secondary N) is 1. The van der Waals surface area contributed by atoms with Crippen molar-refractivity contribution in [1.29, 1.82) is 0 Å². The van der Waals surface area contributed by atoms with Crippen LogP contribution in [-0.2, 0) is 0 Å². The molecule has 4 heteroatoms. The fourth-order valence-electron chi connectivity index (χ4n) is 2.04. The van der Waals surface area contributed by atoms with E-state index in [1.54, 1.807) is 62.7 Å². The van der Waals surface area contributed by atoms with Crippen molar-refractivity contribution in [2.75, 3.05) is 14.2 Å². The maximum Gasteiger partial charge on any atom is 0.251 e. The Balaban J connectivity index is 2.37. The molecule has 0 aliphatic carbocycles.